The molecule has 2 aromatic carbocycles. The van der Waals surface area contributed by atoms with Crippen LogP contribution in [0.4, 0.5) is 0 Å². The molecule has 620 valence electrons. The van der Waals surface area contributed by atoms with Crippen molar-refractivity contribution in [2.75, 3.05) is 26.4 Å². The molecule has 0 unspecified atom stereocenters. The third-order valence-corrected chi connectivity index (χ3v) is 21.9. The van der Waals surface area contributed by atoms with Gasteiger partial charge in [-0.05, 0) is 87.8 Å². The van der Waals surface area contributed by atoms with Crippen LogP contribution < -0.4 is 0 Å². The van der Waals surface area contributed by atoms with E-state index < -0.39 is 53.9 Å². The van der Waals surface area contributed by atoms with Crippen LogP contribution in [-0.4, -0.2) is 114 Å². The normalized spacial score (nSPS) is 11.8. The summed E-state index contributed by atoms with van der Waals surface area (Å²) in [6.45, 7) is 9.03. The Labute approximate surface area is 696 Å². The van der Waals surface area contributed by atoms with Gasteiger partial charge in [0.25, 0.3) is 0 Å². The van der Waals surface area contributed by atoms with Gasteiger partial charge in [-0.1, -0.05) is 410 Å². The van der Waals surface area contributed by atoms with Gasteiger partial charge < -0.3 is 28.1 Å². The van der Waals surface area contributed by atoms with Crippen LogP contribution >= 0.6 is 0 Å². The van der Waals surface area contributed by atoms with E-state index in [4.69, 9.17) is 18.9 Å². The summed E-state index contributed by atoms with van der Waals surface area (Å²) < 4.78 is 91.1. The van der Waals surface area contributed by atoms with E-state index in [1.54, 1.807) is 24.3 Å². The number of ether oxygens (including phenoxy) is 4. The summed E-state index contributed by atoms with van der Waals surface area (Å²) in [4.78, 5) is 50.2. The van der Waals surface area contributed by atoms with Gasteiger partial charge in [-0.3, -0.25) is 0 Å². The molecular formula is C92H154CaO14S2. The minimum absolute atomic E-state index is 0. The van der Waals surface area contributed by atoms with Crippen molar-refractivity contribution < 1.29 is 64.1 Å². The molecule has 0 radical (unpaired) electrons. The summed E-state index contributed by atoms with van der Waals surface area (Å²) in [7, 11) is -9.67. The van der Waals surface area contributed by atoms with Crippen LogP contribution in [0.2, 0.25) is 0 Å². The molecule has 0 aliphatic heterocycles. The van der Waals surface area contributed by atoms with Gasteiger partial charge in [0, 0.05) is 0 Å². The van der Waals surface area contributed by atoms with E-state index in [-0.39, 0.29) is 86.4 Å². The molecule has 0 atom stereocenters. The Morgan fingerprint density at radius 3 is 0.569 bits per heavy atom. The average molecular weight is 1590 g/mol. The van der Waals surface area contributed by atoms with Crippen molar-refractivity contribution in [3.8, 4) is 0 Å². The molecule has 0 heterocycles. The molecule has 0 amide bonds. The number of unbranched alkanes of at least 4 members (excludes halogenated alkanes) is 56. The number of hydrogen-bond donors (Lipinski definition) is 0. The molecule has 0 fully saturated rings. The molecule has 0 saturated heterocycles. The second kappa shape index (κ2) is 77.0. The second-order valence-electron chi connectivity index (χ2n) is 30.1. The van der Waals surface area contributed by atoms with E-state index in [0.717, 1.165) is 101 Å². The minimum atomic E-state index is -4.84. The average Bonchev–Trinajstić information content (AvgIpc) is 0.815. The van der Waals surface area contributed by atoms with Gasteiger partial charge in [0.1, 0.15) is 46.7 Å². The third-order valence-electron chi connectivity index (χ3n) is 20.2. The molecule has 2 rings (SSSR count). The van der Waals surface area contributed by atoms with Crippen molar-refractivity contribution in [3.63, 3.8) is 0 Å². The molecule has 109 heavy (non-hydrogen) atoms. The fourth-order valence-corrected chi connectivity index (χ4v) is 14.4. The summed E-state index contributed by atoms with van der Waals surface area (Å²) in [6, 6.07) is 6.08. The zero-order chi connectivity index (χ0) is 78.8. The number of allylic oxidation sites excluding steroid dienone is 4. The van der Waals surface area contributed by atoms with Gasteiger partial charge in [0.05, 0.1) is 32.0 Å². The van der Waals surface area contributed by atoms with Crippen molar-refractivity contribution in [2.24, 2.45) is 0 Å². The van der Waals surface area contributed by atoms with Gasteiger partial charge in [-0.25, -0.2) is 36.0 Å². The number of rotatable bonds is 74. The van der Waals surface area contributed by atoms with E-state index in [1.165, 1.54) is 321 Å². The predicted octanol–water partition coefficient (Wildman–Crippen LogP) is 27.1. The first-order valence-electron chi connectivity index (χ1n) is 44.1. The van der Waals surface area contributed by atoms with Crippen molar-refractivity contribution in [1.82, 2.24) is 0 Å². The first kappa shape index (κ1) is 105. The Morgan fingerprint density at radius 2 is 0.404 bits per heavy atom. The maximum Gasteiger partial charge on any atom is 2.00 e. The monoisotopic (exact) mass is 1590 g/mol. The van der Waals surface area contributed by atoms with Crippen molar-refractivity contribution >= 4 is 81.9 Å². The van der Waals surface area contributed by atoms with Crippen LogP contribution in [0, 0.1) is 0 Å². The van der Waals surface area contributed by atoms with Gasteiger partial charge in [0.2, 0.25) is 0 Å². The quantitative estimate of drug-likeness (QED) is 0.0150. The maximum atomic E-state index is 12.9. The zero-order valence-electron chi connectivity index (χ0n) is 69.6. The van der Waals surface area contributed by atoms with Crippen LogP contribution in [0.15, 0.2) is 94.8 Å². The fourth-order valence-electron chi connectivity index (χ4n) is 13.4. The minimum Gasteiger partial charge on any atom is -0.744 e. The largest absolute Gasteiger partial charge is 2.00 e. The molecule has 0 aromatic heterocycles. The number of esters is 4. The first-order valence-corrected chi connectivity index (χ1v) is 46.9. The third kappa shape index (κ3) is 64.3. The first-order chi connectivity index (χ1) is 52.6. The smallest absolute Gasteiger partial charge is 0.744 e. The van der Waals surface area contributed by atoms with Crippen LogP contribution in [0.3, 0.4) is 0 Å². The standard InChI is InChI=1S/2C46H78O7S.Ca/c2*1-3-5-7-9-11-13-15-17-19-21-23-25-27-29-31-33-35-39-52-45(47)43-38-37-42(54(49,50)51)41-44(43)46(48)53-40-36-34-32-30-28-26-24-22-20-18-16-14-12-10-8-6-4-2;/h2*33-38,41H,3-32,39-40H2,1-2H3,(H,49,50,51);/q;;+2/p-2/b2*35-33+,36-34+;. The summed E-state index contributed by atoms with van der Waals surface area (Å²) in [6.07, 6.45) is 92.0. The summed E-state index contributed by atoms with van der Waals surface area (Å²) in [5, 5.41) is 0. The zero-order valence-corrected chi connectivity index (χ0v) is 73.4. The van der Waals surface area contributed by atoms with E-state index in [2.05, 4.69) is 27.7 Å². The Hall–Kier alpha value is -3.64. The Morgan fingerprint density at radius 1 is 0.248 bits per heavy atom. The van der Waals surface area contributed by atoms with E-state index >= 15 is 0 Å². The molecule has 0 saturated carbocycles. The van der Waals surface area contributed by atoms with Crippen LogP contribution in [0.1, 0.15) is 454 Å². The number of carbonyl (C=O) groups is 4. The number of benzene rings is 2. The van der Waals surface area contributed by atoms with Gasteiger partial charge in [-0.15, -0.1) is 0 Å². The Balaban J connectivity index is 0.00000212. The van der Waals surface area contributed by atoms with Gasteiger partial charge in [0.15, 0.2) is 0 Å². The number of carbonyl (C=O) groups excluding carboxylic acids is 4. The summed E-state index contributed by atoms with van der Waals surface area (Å²) in [5.74, 6) is -3.35. The fraction of sp³-hybridized carbons (Fsp3) is 0.739. The Kier molecular flexibility index (Phi) is 74.4. The van der Waals surface area contributed by atoms with E-state index in [1.807, 2.05) is 24.3 Å². The summed E-state index contributed by atoms with van der Waals surface area (Å²) in [5.41, 5.74) is -0.884. The van der Waals surface area contributed by atoms with Crippen LogP contribution in [0.5, 0.6) is 0 Å². The van der Waals surface area contributed by atoms with E-state index in [9.17, 15) is 45.1 Å². The number of hydrogen-bond acceptors (Lipinski definition) is 14. The molecule has 0 spiro atoms. The molecule has 0 bridgehead atoms. The topological polar surface area (TPSA) is 220 Å². The SMILES string of the molecule is CCCCCCCCCCCCCCCC/C=C/COC(=O)c1ccc(S(=O)(=O)[O-])cc1C(=O)OC/C=C/CCCCCCCCCCCCCCCC.CCCCCCCCCCCCCCCC/C=C/COC(=O)c1ccc(S(=O)(=O)[O-])cc1C(=O)OC/C=C/CCCCCCCCCCCCCCCC.[Ca+2]. The molecule has 14 nitrogen and oxygen atoms in total. The van der Waals surface area contributed by atoms with Crippen molar-refractivity contribution in [3.05, 3.63) is 107 Å². The van der Waals surface area contributed by atoms with Crippen LogP contribution in [-0.2, 0) is 39.2 Å². The molecule has 0 N–H and O–H groups in total. The van der Waals surface area contributed by atoms with E-state index in [0.29, 0.717) is 0 Å². The molecule has 0 aliphatic rings. The Bertz CT molecular complexity index is 2670. The summed E-state index contributed by atoms with van der Waals surface area (Å²) >= 11 is 0. The van der Waals surface area contributed by atoms with Crippen LogP contribution in [0.25, 0.3) is 0 Å². The predicted molar refractivity (Wildman–Crippen MR) is 452 cm³/mol. The second-order valence-corrected chi connectivity index (χ2v) is 32.9. The molecule has 2 aromatic rings. The maximum absolute atomic E-state index is 12.9. The van der Waals surface area contributed by atoms with Gasteiger partial charge in [-0.2, -0.15) is 0 Å². The van der Waals surface area contributed by atoms with Gasteiger partial charge >= 0.3 is 61.6 Å². The van der Waals surface area contributed by atoms with Crippen molar-refractivity contribution in [1.29, 1.82) is 0 Å². The molecular weight excluding hydrogens is 1430 g/mol. The molecule has 17 heteroatoms. The van der Waals surface area contributed by atoms with Crippen molar-refractivity contribution in [2.45, 2.75) is 423 Å². The molecule has 0 aliphatic carbocycles.